The lowest BCUT2D eigenvalue weighted by atomic mass is 9.90. The maximum Gasteiger partial charge on any atom is 0.328 e. The molecule has 0 aliphatic carbocycles. The Kier molecular flexibility index (Phi) is 11.8. The zero-order chi connectivity index (χ0) is 23.9. The molecule has 7 heteroatoms. The minimum absolute atomic E-state index is 0.558. The van der Waals surface area contributed by atoms with Gasteiger partial charge >= 0.3 is 11.9 Å². The van der Waals surface area contributed by atoms with Gasteiger partial charge in [0, 0.05) is 23.7 Å². The van der Waals surface area contributed by atoms with E-state index >= 15 is 0 Å². The van der Waals surface area contributed by atoms with E-state index in [4.69, 9.17) is 26.6 Å². The number of carbonyl (C=O) groups is 2. The molecule has 2 aromatic carbocycles. The number of likely N-dealkylation sites (tertiary alicyclic amines) is 1. The van der Waals surface area contributed by atoms with Gasteiger partial charge in [0.05, 0.1) is 0 Å². The highest BCUT2D eigenvalue weighted by molar-refractivity contribution is 6.30. The molecule has 3 rings (SSSR count). The molecule has 0 radical (unpaired) electrons. The van der Waals surface area contributed by atoms with Crippen molar-refractivity contribution in [3.8, 4) is 5.75 Å². The Hall–Kier alpha value is -3.09. The van der Waals surface area contributed by atoms with Gasteiger partial charge in [0.15, 0.2) is 0 Å². The predicted octanol–water partition coefficient (Wildman–Crippen LogP) is 4.94. The molecule has 2 aromatic rings. The fourth-order valence-corrected chi connectivity index (χ4v) is 3.55. The van der Waals surface area contributed by atoms with E-state index in [-0.39, 0.29) is 0 Å². The summed E-state index contributed by atoms with van der Waals surface area (Å²) in [6.45, 7) is 4.02. The average molecular weight is 472 g/mol. The second-order valence-corrected chi connectivity index (χ2v) is 8.12. The van der Waals surface area contributed by atoms with Crippen LogP contribution >= 0.6 is 11.6 Å². The first kappa shape index (κ1) is 26.2. The summed E-state index contributed by atoms with van der Waals surface area (Å²) in [7, 11) is 0. The number of aliphatic carboxylic acids is 2. The molecule has 1 aliphatic heterocycles. The van der Waals surface area contributed by atoms with Gasteiger partial charge in [-0.3, -0.25) is 4.90 Å². The summed E-state index contributed by atoms with van der Waals surface area (Å²) in [5, 5.41) is 16.4. The van der Waals surface area contributed by atoms with Crippen LogP contribution in [0, 0.1) is 5.92 Å². The van der Waals surface area contributed by atoms with Gasteiger partial charge < -0.3 is 14.9 Å². The first-order chi connectivity index (χ1) is 15.9. The summed E-state index contributed by atoms with van der Waals surface area (Å²) in [5.41, 5.74) is 1.40. The molecule has 1 heterocycles. The van der Waals surface area contributed by atoms with Crippen LogP contribution in [-0.2, 0) is 16.0 Å². The summed E-state index contributed by atoms with van der Waals surface area (Å²) in [4.78, 5) is 21.6. The van der Waals surface area contributed by atoms with E-state index < -0.39 is 11.9 Å². The van der Waals surface area contributed by atoms with Crippen LogP contribution in [0.4, 0.5) is 0 Å². The number of para-hydroxylation sites is 1. The second kappa shape index (κ2) is 14.9. The Bertz CT molecular complexity index is 888. The van der Waals surface area contributed by atoms with Crippen molar-refractivity contribution in [2.24, 2.45) is 5.92 Å². The van der Waals surface area contributed by atoms with Crippen LogP contribution in [0.1, 0.15) is 18.4 Å². The van der Waals surface area contributed by atoms with Gasteiger partial charge in [-0.05, 0) is 68.1 Å². The SMILES string of the molecule is Clc1ccc(CC2CCN(C/C=C/COc3ccccc3)CC2)cc1.O=C(O)/C=C\C(=O)O. The predicted molar refractivity (Wildman–Crippen MR) is 130 cm³/mol. The summed E-state index contributed by atoms with van der Waals surface area (Å²) >= 11 is 5.96. The number of carboxylic acids is 2. The van der Waals surface area contributed by atoms with Gasteiger partial charge in [0.1, 0.15) is 12.4 Å². The van der Waals surface area contributed by atoms with E-state index in [2.05, 4.69) is 29.2 Å². The van der Waals surface area contributed by atoms with Crippen LogP contribution < -0.4 is 4.74 Å². The highest BCUT2D eigenvalue weighted by Crippen LogP contribution is 2.22. The van der Waals surface area contributed by atoms with Crippen molar-refractivity contribution in [3.05, 3.63) is 89.5 Å². The molecule has 0 aromatic heterocycles. The summed E-state index contributed by atoms with van der Waals surface area (Å²) in [6, 6.07) is 18.3. The first-order valence-corrected chi connectivity index (χ1v) is 11.2. The molecule has 0 bridgehead atoms. The summed E-state index contributed by atoms with van der Waals surface area (Å²) < 4.78 is 5.67. The number of nitrogens with zero attached hydrogens (tertiary/aromatic N) is 1. The van der Waals surface area contributed by atoms with Crippen LogP contribution in [0.3, 0.4) is 0 Å². The van der Waals surface area contributed by atoms with Crippen LogP contribution in [0.2, 0.25) is 5.02 Å². The van der Waals surface area contributed by atoms with Crippen molar-refractivity contribution in [1.82, 2.24) is 4.90 Å². The van der Waals surface area contributed by atoms with Crippen LogP contribution in [-0.4, -0.2) is 53.3 Å². The molecule has 0 saturated carbocycles. The number of halogens is 1. The number of ether oxygens (including phenoxy) is 1. The molecule has 0 spiro atoms. The largest absolute Gasteiger partial charge is 0.490 e. The molecule has 1 saturated heterocycles. The Balaban J connectivity index is 0.000000414. The molecule has 1 aliphatic rings. The topological polar surface area (TPSA) is 87.1 Å². The van der Waals surface area contributed by atoms with Gasteiger partial charge in [-0.2, -0.15) is 0 Å². The van der Waals surface area contributed by atoms with Crippen molar-refractivity contribution in [3.63, 3.8) is 0 Å². The Morgan fingerprint density at radius 1 is 0.939 bits per heavy atom. The monoisotopic (exact) mass is 471 g/mol. The Morgan fingerprint density at radius 3 is 2.12 bits per heavy atom. The number of rotatable bonds is 9. The lowest BCUT2D eigenvalue weighted by Crippen LogP contribution is -2.34. The molecule has 2 N–H and O–H groups in total. The maximum absolute atomic E-state index is 9.55. The third-order valence-corrected chi connectivity index (χ3v) is 5.38. The molecular weight excluding hydrogens is 442 g/mol. The van der Waals surface area contributed by atoms with Crippen molar-refractivity contribution in [2.45, 2.75) is 19.3 Å². The van der Waals surface area contributed by atoms with Crippen LogP contribution in [0.15, 0.2) is 78.9 Å². The quantitative estimate of drug-likeness (QED) is 0.398. The smallest absolute Gasteiger partial charge is 0.328 e. The normalized spacial score (nSPS) is 14.7. The molecule has 1 fully saturated rings. The lowest BCUT2D eigenvalue weighted by Gasteiger charge is -2.31. The van der Waals surface area contributed by atoms with Crippen LogP contribution in [0.25, 0.3) is 0 Å². The fourth-order valence-electron chi connectivity index (χ4n) is 3.42. The zero-order valence-corrected chi connectivity index (χ0v) is 19.2. The maximum atomic E-state index is 9.55. The number of hydrogen-bond acceptors (Lipinski definition) is 4. The number of carboxylic acid groups (broad SMARTS) is 2. The van der Waals surface area contributed by atoms with Crippen molar-refractivity contribution in [1.29, 1.82) is 0 Å². The first-order valence-electron chi connectivity index (χ1n) is 10.9. The molecular formula is C26H30ClNO5. The van der Waals surface area contributed by atoms with E-state index in [0.717, 1.165) is 23.2 Å². The molecule has 176 valence electrons. The minimum Gasteiger partial charge on any atom is -0.490 e. The van der Waals surface area contributed by atoms with Crippen LogP contribution in [0.5, 0.6) is 5.75 Å². The summed E-state index contributed by atoms with van der Waals surface area (Å²) in [5.74, 6) is -0.794. The third kappa shape index (κ3) is 11.9. The van der Waals surface area contributed by atoms with E-state index in [1.54, 1.807) is 0 Å². The van der Waals surface area contributed by atoms with Gasteiger partial charge in [-0.25, -0.2) is 9.59 Å². The van der Waals surface area contributed by atoms with E-state index in [9.17, 15) is 9.59 Å². The second-order valence-electron chi connectivity index (χ2n) is 7.68. The Labute approximate surface area is 199 Å². The van der Waals surface area contributed by atoms with Crippen molar-refractivity contribution in [2.75, 3.05) is 26.2 Å². The van der Waals surface area contributed by atoms with Gasteiger partial charge in [0.25, 0.3) is 0 Å². The number of piperidine rings is 1. The molecule has 0 amide bonds. The van der Waals surface area contributed by atoms with Crippen molar-refractivity contribution < 1.29 is 24.5 Å². The van der Waals surface area contributed by atoms with Gasteiger partial charge in [0.2, 0.25) is 0 Å². The van der Waals surface area contributed by atoms with E-state index in [0.29, 0.717) is 18.8 Å². The minimum atomic E-state index is -1.26. The van der Waals surface area contributed by atoms with Gasteiger partial charge in [-0.15, -0.1) is 0 Å². The number of benzene rings is 2. The molecule has 0 unspecified atom stereocenters. The zero-order valence-electron chi connectivity index (χ0n) is 18.5. The highest BCUT2D eigenvalue weighted by atomic mass is 35.5. The lowest BCUT2D eigenvalue weighted by molar-refractivity contribution is -0.134. The number of hydrogen-bond donors (Lipinski definition) is 2. The van der Waals surface area contributed by atoms with Gasteiger partial charge in [-0.1, -0.05) is 54.1 Å². The highest BCUT2D eigenvalue weighted by Gasteiger charge is 2.18. The summed E-state index contributed by atoms with van der Waals surface area (Å²) in [6.07, 6.45) is 9.18. The third-order valence-electron chi connectivity index (χ3n) is 5.13. The molecule has 6 nitrogen and oxygen atoms in total. The fraction of sp³-hybridized carbons (Fsp3) is 0.308. The molecule has 33 heavy (non-hydrogen) atoms. The average Bonchev–Trinajstić information content (AvgIpc) is 2.81. The standard InChI is InChI=1S/C22H26ClNO.C4H4O4/c23-21-10-8-19(9-11-21)18-20-12-15-24(16-13-20)14-4-5-17-25-22-6-2-1-3-7-22;5-3(6)1-2-4(7)8/h1-11,20H,12-18H2;1-2H,(H,5,6)(H,7,8)/b5-4+;2-1-. The van der Waals surface area contributed by atoms with E-state index in [1.165, 1.54) is 37.9 Å². The van der Waals surface area contributed by atoms with Crippen molar-refractivity contribution >= 4 is 23.5 Å². The molecule has 0 atom stereocenters. The van der Waals surface area contributed by atoms with E-state index in [1.807, 2.05) is 42.5 Å². The Morgan fingerprint density at radius 2 is 1.55 bits per heavy atom.